The van der Waals surface area contributed by atoms with Crippen LogP contribution in [0.5, 0.6) is 0 Å². The van der Waals surface area contributed by atoms with Crippen molar-refractivity contribution >= 4 is 5.82 Å². The van der Waals surface area contributed by atoms with Crippen LogP contribution in [0.3, 0.4) is 0 Å². The smallest absolute Gasteiger partial charge is 0.128 e. The number of hydrogen-bond donors (Lipinski definition) is 1. The second-order valence-electron chi connectivity index (χ2n) is 3.72. The predicted octanol–water partition coefficient (Wildman–Crippen LogP) is 1.84. The fourth-order valence-electron chi connectivity index (χ4n) is 1.51. The molecule has 0 spiro atoms. The van der Waals surface area contributed by atoms with Crippen molar-refractivity contribution in [2.24, 2.45) is 5.73 Å². The standard InChI is InChI=1S/C12H18N4/c1-3-16(8-4-6-13)12-9-11(10(2)14)5-7-15-12/h5,7,9-10H,3-4,8,14H2,1-2H3/t10-/m1/s1. The van der Waals surface area contributed by atoms with E-state index < -0.39 is 0 Å². The molecule has 0 aliphatic heterocycles. The summed E-state index contributed by atoms with van der Waals surface area (Å²) in [6, 6.07) is 6.07. The second kappa shape index (κ2) is 6.09. The minimum absolute atomic E-state index is 0.0106. The normalized spacial score (nSPS) is 11.9. The molecule has 0 saturated carbocycles. The van der Waals surface area contributed by atoms with E-state index in [1.54, 1.807) is 6.20 Å². The molecule has 0 aromatic carbocycles. The van der Waals surface area contributed by atoms with E-state index in [2.05, 4.69) is 22.9 Å². The zero-order valence-corrected chi connectivity index (χ0v) is 9.85. The molecule has 4 heteroatoms. The molecular formula is C12H18N4. The van der Waals surface area contributed by atoms with Gasteiger partial charge in [-0.1, -0.05) is 0 Å². The molecule has 1 heterocycles. The Hall–Kier alpha value is -1.60. The van der Waals surface area contributed by atoms with E-state index in [9.17, 15) is 0 Å². The third-order valence-electron chi connectivity index (χ3n) is 2.49. The molecule has 16 heavy (non-hydrogen) atoms. The first-order valence-electron chi connectivity index (χ1n) is 5.52. The number of hydrogen-bond acceptors (Lipinski definition) is 4. The van der Waals surface area contributed by atoms with Crippen LogP contribution in [0.2, 0.25) is 0 Å². The van der Waals surface area contributed by atoms with Crippen LogP contribution in [-0.2, 0) is 0 Å². The van der Waals surface area contributed by atoms with E-state index in [1.807, 2.05) is 19.1 Å². The van der Waals surface area contributed by atoms with Crippen molar-refractivity contribution in [3.63, 3.8) is 0 Å². The van der Waals surface area contributed by atoms with Gasteiger partial charge in [0.25, 0.3) is 0 Å². The van der Waals surface area contributed by atoms with Gasteiger partial charge in [0.2, 0.25) is 0 Å². The number of rotatable bonds is 5. The van der Waals surface area contributed by atoms with Gasteiger partial charge in [0.15, 0.2) is 0 Å². The molecule has 0 fully saturated rings. The molecule has 1 atom stereocenters. The lowest BCUT2D eigenvalue weighted by Gasteiger charge is -2.21. The summed E-state index contributed by atoms with van der Waals surface area (Å²) >= 11 is 0. The monoisotopic (exact) mass is 218 g/mol. The Labute approximate surface area is 96.7 Å². The van der Waals surface area contributed by atoms with Gasteiger partial charge in [-0.2, -0.15) is 5.26 Å². The quantitative estimate of drug-likeness (QED) is 0.819. The molecule has 0 saturated heterocycles. The van der Waals surface area contributed by atoms with Crippen molar-refractivity contribution in [2.75, 3.05) is 18.0 Å². The topological polar surface area (TPSA) is 65.9 Å². The third-order valence-corrected chi connectivity index (χ3v) is 2.49. The van der Waals surface area contributed by atoms with Crippen molar-refractivity contribution < 1.29 is 0 Å². The molecule has 0 amide bonds. The zero-order valence-electron chi connectivity index (χ0n) is 9.85. The summed E-state index contributed by atoms with van der Waals surface area (Å²) in [5.41, 5.74) is 6.90. The summed E-state index contributed by atoms with van der Waals surface area (Å²) in [4.78, 5) is 6.39. The number of nitrogens with two attached hydrogens (primary N) is 1. The lowest BCUT2D eigenvalue weighted by molar-refractivity contribution is 0.790. The van der Waals surface area contributed by atoms with Crippen LogP contribution in [0, 0.1) is 11.3 Å². The summed E-state index contributed by atoms with van der Waals surface area (Å²) in [6.07, 6.45) is 2.28. The molecule has 4 nitrogen and oxygen atoms in total. The maximum Gasteiger partial charge on any atom is 0.128 e. The Morgan fingerprint density at radius 3 is 2.94 bits per heavy atom. The maximum absolute atomic E-state index is 8.58. The summed E-state index contributed by atoms with van der Waals surface area (Å²) in [6.45, 7) is 5.56. The molecule has 1 rings (SSSR count). The highest BCUT2D eigenvalue weighted by molar-refractivity contribution is 5.41. The van der Waals surface area contributed by atoms with Crippen LogP contribution in [0.1, 0.15) is 31.9 Å². The van der Waals surface area contributed by atoms with E-state index in [4.69, 9.17) is 11.0 Å². The Kier molecular flexibility index (Phi) is 4.74. The molecule has 1 aromatic heterocycles. The largest absolute Gasteiger partial charge is 0.356 e. The van der Waals surface area contributed by atoms with E-state index in [-0.39, 0.29) is 6.04 Å². The van der Waals surface area contributed by atoms with Gasteiger partial charge in [-0.3, -0.25) is 0 Å². The van der Waals surface area contributed by atoms with Crippen LogP contribution in [0.4, 0.5) is 5.82 Å². The first-order chi connectivity index (χ1) is 7.69. The maximum atomic E-state index is 8.58. The molecule has 86 valence electrons. The van der Waals surface area contributed by atoms with Gasteiger partial charge in [0.1, 0.15) is 5.82 Å². The Morgan fingerprint density at radius 2 is 2.38 bits per heavy atom. The Morgan fingerprint density at radius 1 is 1.62 bits per heavy atom. The summed E-state index contributed by atoms with van der Waals surface area (Å²) in [5.74, 6) is 0.896. The van der Waals surface area contributed by atoms with E-state index in [1.165, 1.54) is 0 Å². The molecule has 0 unspecified atom stereocenters. The average molecular weight is 218 g/mol. The number of anilines is 1. The van der Waals surface area contributed by atoms with Gasteiger partial charge in [-0.05, 0) is 31.5 Å². The molecule has 0 aliphatic rings. The van der Waals surface area contributed by atoms with Gasteiger partial charge < -0.3 is 10.6 Å². The molecular weight excluding hydrogens is 200 g/mol. The van der Waals surface area contributed by atoms with Crippen molar-refractivity contribution in [2.45, 2.75) is 26.3 Å². The van der Waals surface area contributed by atoms with Crippen LogP contribution < -0.4 is 10.6 Å². The van der Waals surface area contributed by atoms with Crippen molar-refractivity contribution in [1.82, 2.24) is 4.98 Å². The lowest BCUT2D eigenvalue weighted by atomic mass is 10.1. The highest BCUT2D eigenvalue weighted by Crippen LogP contribution is 2.16. The number of nitrogens with zero attached hydrogens (tertiary/aromatic N) is 3. The minimum atomic E-state index is 0.0106. The molecule has 0 radical (unpaired) electrons. The minimum Gasteiger partial charge on any atom is -0.356 e. The highest BCUT2D eigenvalue weighted by Gasteiger charge is 2.07. The van der Waals surface area contributed by atoms with Crippen LogP contribution in [-0.4, -0.2) is 18.1 Å². The SMILES string of the molecule is CCN(CCC#N)c1cc([C@@H](C)N)ccn1. The first kappa shape index (κ1) is 12.5. The highest BCUT2D eigenvalue weighted by atomic mass is 15.2. The zero-order chi connectivity index (χ0) is 12.0. The van der Waals surface area contributed by atoms with Crippen molar-refractivity contribution in [1.29, 1.82) is 5.26 Å². The van der Waals surface area contributed by atoms with Gasteiger partial charge in [-0.15, -0.1) is 0 Å². The average Bonchev–Trinajstić information content (AvgIpc) is 2.30. The van der Waals surface area contributed by atoms with Crippen LogP contribution in [0.25, 0.3) is 0 Å². The summed E-state index contributed by atoms with van der Waals surface area (Å²) in [5, 5.41) is 8.58. The van der Waals surface area contributed by atoms with E-state index in [0.717, 1.165) is 17.9 Å². The van der Waals surface area contributed by atoms with Gasteiger partial charge in [0.05, 0.1) is 12.5 Å². The van der Waals surface area contributed by atoms with Crippen molar-refractivity contribution in [3.8, 4) is 6.07 Å². The number of pyridine rings is 1. The summed E-state index contributed by atoms with van der Waals surface area (Å²) in [7, 11) is 0. The van der Waals surface area contributed by atoms with Gasteiger partial charge in [0, 0.05) is 25.3 Å². The Bertz CT molecular complexity index is 368. The Balaban J connectivity index is 2.84. The molecule has 0 aliphatic carbocycles. The molecule has 1 aromatic rings. The first-order valence-corrected chi connectivity index (χ1v) is 5.52. The van der Waals surface area contributed by atoms with E-state index in [0.29, 0.717) is 13.0 Å². The number of nitriles is 1. The van der Waals surface area contributed by atoms with Crippen LogP contribution >= 0.6 is 0 Å². The fourth-order valence-corrected chi connectivity index (χ4v) is 1.51. The molecule has 2 N–H and O–H groups in total. The van der Waals surface area contributed by atoms with Gasteiger partial charge in [-0.25, -0.2) is 4.98 Å². The predicted molar refractivity (Wildman–Crippen MR) is 65.0 cm³/mol. The van der Waals surface area contributed by atoms with Crippen molar-refractivity contribution in [3.05, 3.63) is 23.9 Å². The molecule has 0 bridgehead atoms. The second-order valence-corrected chi connectivity index (χ2v) is 3.72. The van der Waals surface area contributed by atoms with Gasteiger partial charge >= 0.3 is 0 Å². The third kappa shape index (κ3) is 3.21. The van der Waals surface area contributed by atoms with Crippen LogP contribution in [0.15, 0.2) is 18.3 Å². The number of aromatic nitrogens is 1. The van der Waals surface area contributed by atoms with E-state index >= 15 is 0 Å². The fraction of sp³-hybridized carbons (Fsp3) is 0.500. The lowest BCUT2D eigenvalue weighted by Crippen LogP contribution is -2.25. The summed E-state index contributed by atoms with van der Waals surface area (Å²) < 4.78 is 0.